The number of nitrogens with zero attached hydrogens (tertiary/aromatic N) is 2. The lowest BCUT2D eigenvalue weighted by Gasteiger charge is -2.31. The predicted molar refractivity (Wildman–Crippen MR) is 77.9 cm³/mol. The van der Waals surface area contributed by atoms with Crippen molar-refractivity contribution in [3.8, 4) is 0 Å². The second-order valence-electron chi connectivity index (χ2n) is 6.56. The number of hydrogen-bond donors (Lipinski definition) is 1. The van der Waals surface area contributed by atoms with Crippen molar-refractivity contribution in [3.63, 3.8) is 0 Å². The minimum atomic E-state index is 0.636. The van der Waals surface area contributed by atoms with Crippen LogP contribution in [-0.4, -0.2) is 22.1 Å². The molecular weight excluding hydrogens is 234 g/mol. The van der Waals surface area contributed by atoms with E-state index in [9.17, 15) is 0 Å². The first kappa shape index (κ1) is 13.2. The van der Waals surface area contributed by atoms with Crippen molar-refractivity contribution in [2.45, 2.75) is 51.5 Å². The molecule has 0 aromatic carbocycles. The molecule has 1 heterocycles. The first-order chi connectivity index (χ1) is 9.28. The van der Waals surface area contributed by atoms with E-state index < -0.39 is 0 Å². The van der Waals surface area contributed by atoms with E-state index >= 15 is 0 Å². The van der Waals surface area contributed by atoms with E-state index in [1.165, 1.54) is 37.9 Å². The lowest BCUT2D eigenvalue weighted by Crippen LogP contribution is -2.41. The van der Waals surface area contributed by atoms with Crippen molar-refractivity contribution in [3.05, 3.63) is 18.2 Å². The highest BCUT2D eigenvalue weighted by Gasteiger charge is 2.42. The van der Waals surface area contributed by atoms with Crippen molar-refractivity contribution in [2.75, 3.05) is 6.54 Å². The van der Waals surface area contributed by atoms with Gasteiger partial charge in [-0.15, -0.1) is 0 Å². The molecule has 2 saturated carbocycles. The van der Waals surface area contributed by atoms with Crippen LogP contribution in [0.3, 0.4) is 0 Å². The summed E-state index contributed by atoms with van der Waals surface area (Å²) < 4.78 is 2.17. The highest BCUT2D eigenvalue weighted by atomic mass is 15.0. The van der Waals surface area contributed by atoms with Crippen LogP contribution in [0.4, 0.5) is 0 Å². The van der Waals surface area contributed by atoms with E-state index in [1.54, 1.807) is 0 Å². The molecule has 19 heavy (non-hydrogen) atoms. The van der Waals surface area contributed by atoms with Crippen LogP contribution < -0.4 is 5.32 Å². The molecule has 4 atom stereocenters. The third-order valence-electron chi connectivity index (χ3n) is 5.29. The van der Waals surface area contributed by atoms with Crippen molar-refractivity contribution in [2.24, 2.45) is 24.8 Å². The maximum Gasteiger partial charge on any atom is 0.109 e. The van der Waals surface area contributed by atoms with E-state index in [4.69, 9.17) is 0 Å². The zero-order valence-electron chi connectivity index (χ0n) is 12.3. The summed E-state index contributed by atoms with van der Waals surface area (Å²) in [7, 11) is 2.11. The number of hydrogen-bond acceptors (Lipinski definition) is 2. The van der Waals surface area contributed by atoms with E-state index in [1.807, 2.05) is 6.20 Å². The van der Waals surface area contributed by atoms with E-state index in [-0.39, 0.29) is 0 Å². The zero-order valence-corrected chi connectivity index (χ0v) is 12.3. The first-order valence-electron chi connectivity index (χ1n) is 7.97. The summed E-state index contributed by atoms with van der Waals surface area (Å²) in [6, 6.07) is 0.636. The van der Waals surface area contributed by atoms with Crippen molar-refractivity contribution < 1.29 is 0 Å². The molecule has 3 heteroatoms. The second-order valence-corrected chi connectivity index (χ2v) is 6.56. The Morgan fingerprint density at radius 3 is 2.89 bits per heavy atom. The summed E-state index contributed by atoms with van der Waals surface area (Å²) in [5.41, 5.74) is 0. The van der Waals surface area contributed by atoms with Crippen LogP contribution in [-0.2, 0) is 13.5 Å². The Hall–Kier alpha value is -0.830. The van der Waals surface area contributed by atoms with Gasteiger partial charge in [0.2, 0.25) is 0 Å². The van der Waals surface area contributed by atoms with Crippen molar-refractivity contribution >= 4 is 0 Å². The summed E-state index contributed by atoms with van der Waals surface area (Å²) in [5.74, 6) is 4.14. The van der Waals surface area contributed by atoms with E-state index in [0.29, 0.717) is 6.04 Å². The number of fused-ring (bicyclic) bond motifs is 2. The highest BCUT2D eigenvalue weighted by molar-refractivity contribution is 5.01. The molecule has 2 fully saturated rings. The fraction of sp³-hybridized carbons (Fsp3) is 0.812. The molecule has 106 valence electrons. The predicted octanol–water partition coefficient (Wildman–Crippen LogP) is 2.77. The summed E-state index contributed by atoms with van der Waals surface area (Å²) in [4.78, 5) is 4.52. The third-order valence-corrected chi connectivity index (χ3v) is 5.29. The molecule has 2 bridgehead atoms. The number of aromatic nitrogens is 2. The molecule has 2 aliphatic rings. The fourth-order valence-corrected chi connectivity index (χ4v) is 4.28. The molecule has 0 spiro atoms. The minimum Gasteiger partial charge on any atom is -0.338 e. The van der Waals surface area contributed by atoms with Crippen LogP contribution in [0.1, 0.15) is 44.9 Å². The summed E-state index contributed by atoms with van der Waals surface area (Å²) >= 11 is 0. The van der Waals surface area contributed by atoms with Gasteiger partial charge in [0.1, 0.15) is 5.82 Å². The Kier molecular flexibility index (Phi) is 3.92. The van der Waals surface area contributed by atoms with Crippen LogP contribution in [0.25, 0.3) is 0 Å². The molecular formula is C16H27N3. The van der Waals surface area contributed by atoms with Gasteiger partial charge in [0.15, 0.2) is 0 Å². The van der Waals surface area contributed by atoms with Crippen molar-refractivity contribution in [1.82, 2.24) is 14.9 Å². The first-order valence-corrected chi connectivity index (χ1v) is 7.97. The van der Waals surface area contributed by atoms with E-state index in [0.717, 1.165) is 30.7 Å². The smallest absolute Gasteiger partial charge is 0.109 e. The third kappa shape index (κ3) is 2.71. The molecule has 0 saturated heterocycles. The van der Waals surface area contributed by atoms with Gasteiger partial charge in [-0.2, -0.15) is 0 Å². The minimum absolute atomic E-state index is 0.636. The van der Waals surface area contributed by atoms with E-state index in [2.05, 4.69) is 35.0 Å². The van der Waals surface area contributed by atoms with Crippen LogP contribution in [0, 0.1) is 17.8 Å². The highest BCUT2D eigenvalue weighted by Crippen LogP contribution is 2.49. The van der Waals surface area contributed by atoms with Crippen LogP contribution in [0.5, 0.6) is 0 Å². The van der Waals surface area contributed by atoms with Gasteiger partial charge in [-0.3, -0.25) is 0 Å². The summed E-state index contributed by atoms with van der Waals surface area (Å²) in [6.07, 6.45) is 12.2. The molecule has 0 amide bonds. The molecule has 3 nitrogen and oxygen atoms in total. The second kappa shape index (κ2) is 5.66. The summed E-state index contributed by atoms with van der Waals surface area (Å²) in [5, 5.41) is 3.81. The molecule has 4 unspecified atom stereocenters. The zero-order chi connectivity index (χ0) is 13.2. The van der Waals surface area contributed by atoms with Gasteiger partial charge in [-0.05, 0) is 50.0 Å². The Balaban J connectivity index is 1.68. The monoisotopic (exact) mass is 261 g/mol. The van der Waals surface area contributed by atoms with Gasteiger partial charge in [-0.25, -0.2) is 4.98 Å². The van der Waals surface area contributed by atoms with Crippen LogP contribution in [0.15, 0.2) is 12.4 Å². The average molecular weight is 261 g/mol. The molecule has 2 aliphatic carbocycles. The standard InChI is InChI=1S/C16H27N3/c1-3-6-17-15(11-16-18-7-8-19(16)2)14-10-12-4-5-13(14)9-12/h7-8,12-15,17H,3-6,9-11H2,1-2H3. The quantitative estimate of drug-likeness (QED) is 0.853. The molecule has 0 radical (unpaired) electrons. The topological polar surface area (TPSA) is 29.9 Å². The Labute approximate surface area is 116 Å². The lowest BCUT2D eigenvalue weighted by molar-refractivity contribution is 0.244. The summed E-state index contributed by atoms with van der Waals surface area (Å²) in [6.45, 7) is 3.40. The van der Waals surface area contributed by atoms with Gasteiger partial charge in [0, 0.05) is 31.9 Å². The number of nitrogens with one attached hydrogen (secondary N) is 1. The van der Waals surface area contributed by atoms with Crippen molar-refractivity contribution in [1.29, 1.82) is 0 Å². The van der Waals surface area contributed by atoms with Gasteiger partial charge in [0.05, 0.1) is 0 Å². The largest absolute Gasteiger partial charge is 0.338 e. The van der Waals surface area contributed by atoms with Gasteiger partial charge >= 0.3 is 0 Å². The maximum absolute atomic E-state index is 4.52. The van der Waals surface area contributed by atoms with Gasteiger partial charge < -0.3 is 9.88 Å². The Morgan fingerprint density at radius 1 is 1.42 bits per heavy atom. The van der Waals surface area contributed by atoms with Gasteiger partial charge in [0.25, 0.3) is 0 Å². The Morgan fingerprint density at radius 2 is 2.32 bits per heavy atom. The number of rotatable bonds is 6. The normalized spacial score (nSPS) is 30.9. The molecule has 1 aromatic heterocycles. The maximum atomic E-state index is 4.52. The average Bonchev–Trinajstić information content (AvgIpc) is 3.11. The van der Waals surface area contributed by atoms with Crippen LogP contribution >= 0.6 is 0 Å². The molecule has 0 aliphatic heterocycles. The van der Waals surface area contributed by atoms with Gasteiger partial charge in [-0.1, -0.05) is 13.3 Å². The van der Waals surface area contributed by atoms with Crippen LogP contribution in [0.2, 0.25) is 0 Å². The lowest BCUT2D eigenvalue weighted by atomic mass is 9.82. The molecule has 3 rings (SSSR count). The Bertz CT molecular complexity index is 412. The number of imidazole rings is 1. The number of aryl methyl sites for hydroxylation is 1. The molecule has 1 N–H and O–H groups in total. The SMILES string of the molecule is CCCNC(Cc1nccn1C)C1CC2CCC1C2. The molecule has 1 aromatic rings. The fourth-order valence-electron chi connectivity index (χ4n) is 4.28.